The summed E-state index contributed by atoms with van der Waals surface area (Å²) in [5.74, 6) is -0.265. The topological polar surface area (TPSA) is 70.2 Å². The first-order valence-electron chi connectivity index (χ1n) is 6.44. The first kappa shape index (κ1) is 13.5. The van der Waals surface area contributed by atoms with Gasteiger partial charge in [-0.15, -0.1) is 0 Å². The molecule has 102 valence electrons. The van der Waals surface area contributed by atoms with E-state index in [1.54, 1.807) is 0 Å². The zero-order chi connectivity index (χ0) is 13.8. The average Bonchev–Trinajstić information content (AvgIpc) is 2.37. The molecule has 1 fully saturated rings. The highest BCUT2D eigenvalue weighted by atomic mass is 16.2. The molecule has 1 aromatic carbocycles. The van der Waals surface area contributed by atoms with Gasteiger partial charge in [-0.2, -0.15) is 0 Å². The zero-order valence-electron chi connectivity index (χ0n) is 11.2. The van der Waals surface area contributed by atoms with Crippen molar-refractivity contribution in [2.75, 3.05) is 18.4 Å². The maximum absolute atomic E-state index is 11.9. The molecule has 2 amide bonds. The molecule has 0 aromatic heterocycles. The molecule has 1 aliphatic heterocycles. The van der Waals surface area contributed by atoms with Crippen molar-refractivity contribution in [3.8, 4) is 0 Å². The van der Waals surface area contributed by atoms with E-state index >= 15 is 0 Å². The number of carbonyl (C=O) groups excluding carboxylic acids is 2. The highest BCUT2D eigenvalue weighted by molar-refractivity contribution is 5.95. The Morgan fingerprint density at radius 1 is 1.32 bits per heavy atom. The van der Waals surface area contributed by atoms with Gasteiger partial charge in [0.2, 0.25) is 11.8 Å². The molecule has 0 radical (unpaired) electrons. The molecule has 1 unspecified atom stereocenters. The Morgan fingerprint density at radius 2 is 2.11 bits per heavy atom. The van der Waals surface area contributed by atoms with Crippen LogP contribution in [-0.4, -0.2) is 30.9 Å². The maximum atomic E-state index is 11.9. The second kappa shape index (κ2) is 5.84. The molecule has 2 rings (SSSR count). The fourth-order valence-corrected chi connectivity index (χ4v) is 2.03. The number of rotatable bonds is 3. The predicted octanol–water partition coefficient (Wildman–Crippen LogP) is 0.720. The molecule has 5 heteroatoms. The van der Waals surface area contributed by atoms with Crippen molar-refractivity contribution >= 4 is 17.5 Å². The van der Waals surface area contributed by atoms with Crippen LogP contribution in [0, 0.1) is 13.8 Å². The molecule has 1 aromatic rings. The number of nitrogens with one attached hydrogen (secondary N) is 3. The highest BCUT2D eigenvalue weighted by Crippen LogP contribution is 2.14. The lowest BCUT2D eigenvalue weighted by molar-refractivity contribution is -0.127. The van der Waals surface area contributed by atoms with Crippen LogP contribution in [-0.2, 0) is 9.59 Å². The normalized spacial score (nSPS) is 18.8. The SMILES string of the molecule is Cc1ccc(NC(=O)CC2NCCNC2=O)cc1C. The Bertz CT molecular complexity index is 499. The lowest BCUT2D eigenvalue weighted by atomic mass is 10.1. The molecular weight excluding hydrogens is 242 g/mol. The summed E-state index contributed by atoms with van der Waals surface area (Å²) in [7, 11) is 0. The Morgan fingerprint density at radius 3 is 2.79 bits per heavy atom. The maximum Gasteiger partial charge on any atom is 0.237 e. The molecule has 0 aliphatic carbocycles. The van der Waals surface area contributed by atoms with Crippen molar-refractivity contribution in [3.05, 3.63) is 29.3 Å². The van der Waals surface area contributed by atoms with E-state index in [2.05, 4.69) is 16.0 Å². The van der Waals surface area contributed by atoms with Gasteiger partial charge >= 0.3 is 0 Å². The number of piperazine rings is 1. The van der Waals surface area contributed by atoms with Gasteiger partial charge in [0.25, 0.3) is 0 Å². The van der Waals surface area contributed by atoms with Gasteiger partial charge < -0.3 is 16.0 Å². The molecule has 19 heavy (non-hydrogen) atoms. The summed E-state index contributed by atoms with van der Waals surface area (Å²) in [6.07, 6.45) is 0.152. The van der Waals surface area contributed by atoms with Gasteiger partial charge in [0.15, 0.2) is 0 Å². The van der Waals surface area contributed by atoms with Crippen molar-refractivity contribution in [3.63, 3.8) is 0 Å². The van der Waals surface area contributed by atoms with Crippen molar-refractivity contribution in [2.24, 2.45) is 0 Å². The lowest BCUT2D eigenvalue weighted by Gasteiger charge is -2.22. The Labute approximate surface area is 112 Å². The summed E-state index contributed by atoms with van der Waals surface area (Å²) in [6.45, 7) is 5.35. The van der Waals surface area contributed by atoms with E-state index in [4.69, 9.17) is 0 Å². The number of amides is 2. The van der Waals surface area contributed by atoms with Crippen LogP contribution < -0.4 is 16.0 Å². The first-order valence-corrected chi connectivity index (χ1v) is 6.44. The monoisotopic (exact) mass is 261 g/mol. The largest absolute Gasteiger partial charge is 0.353 e. The van der Waals surface area contributed by atoms with E-state index in [-0.39, 0.29) is 18.2 Å². The van der Waals surface area contributed by atoms with Gasteiger partial charge in [-0.05, 0) is 37.1 Å². The minimum absolute atomic E-state index is 0.110. The standard InChI is InChI=1S/C14H19N3O2/c1-9-3-4-11(7-10(9)2)17-13(18)8-12-14(19)16-6-5-15-12/h3-4,7,12,15H,5-6,8H2,1-2H3,(H,16,19)(H,17,18). The van der Waals surface area contributed by atoms with Gasteiger partial charge in [0.05, 0.1) is 12.5 Å². The van der Waals surface area contributed by atoms with Crippen molar-refractivity contribution in [1.29, 1.82) is 0 Å². The summed E-state index contributed by atoms with van der Waals surface area (Å²) in [6, 6.07) is 5.34. The number of aryl methyl sites for hydroxylation is 2. The Kier molecular flexibility index (Phi) is 4.16. The van der Waals surface area contributed by atoms with Gasteiger partial charge in [-0.25, -0.2) is 0 Å². The molecule has 1 heterocycles. The lowest BCUT2D eigenvalue weighted by Crippen LogP contribution is -2.53. The summed E-state index contributed by atoms with van der Waals surface area (Å²) >= 11 is 0. The van der Waals surface area contributed by atoms with Crippen molar-refractivity contribution in [2.45, 2.75) is 26.3 Å². The summed E-state index contributed by atoms with van der Waals surface area (Å²) in [4.78, 5) is 23.4. The van der Waals surface area contributed by atoms with Gasteiger partial charge in [0, 0.05) is 18.8 Å². The molecular formula is C14H19N3O2. The molecule has 1 atom stereocenters. The molecule has 0 spiro atoms. The van der Waals surface area contributed by atoms with Crippen LogP contribution in [0.5, 0.6) is 0 Å². The molecule has 3 N–H and O–H groups in total. The van der Waals surface area contributed by atoms with E-state index in [1.165, 1.54) is 5.56 Å². The fraction of sp³-hybridized carbons (Fsp3) is 0.429. The van der Waals surface area contributed by atoms with Crippen molar-refractivity contribution in [1.82, 2.24) is 10.6 Å². The number of hydrogen-bond acceptors (Lipinski definition) is 3. The van der Waals surface area contributed by atoms with Crippen LogP contribution >= 0.6 is 0 Å². The molecule has 5 nitrogen and oxygen atoms in total. The molecule has 1 saturated heterocycles. The Balaban J connectivity index is 1.93. The smallest absolute Gasteiger partial charge is 0.237 e. The van der Waals surface area contributed by atoms with E-state index in [0.29, 0.717) is 13.1 Å². The second-order valence-corrected chi connectivity index (χ2v) is 4.85. The van der Waals surface area contributed by atoms with E-state index in [1.807, 2.05) is 32.0 Å². The minimum atomic E-state index is -0.430. The summed E-state index contributed by atoms with van der Waals surface area (Å²) in [5, 5.41) is 8.59. The third kappa shape index (κ3) is 3.54. The van der Waals surface area contributed by atoms with E-state index < -0.39 is 6.04 Å². The van der Waals surface area contributed by atoms with Crippen molar-refractivity contribution < 1.29 is 9.59 Å². The van der Waals surface area contributed by atoms with Crippen LogP contribution in [0.2, 0.25) is 0 Å². The summed E-state index contributed by atoms with van der Waals surface area (Å²) in [5.41, 5.74) is 3.09. The third-order valence-electron chi connectivity index (χ3n) is 3.31. The number of carbonyl (C=O) groups is 2. The number of benzene rings is 1. The van der Waals surface area contributed by atoms with Crippen LogP contribution in [0.4, 0.5) is 5.69 Å². The Hall–Kier alpha value is -1.88. The highest BCUT2D eigenvalue weighted by Gasteiger charge is 2.23. The minimum Gasteiger partial charge on any atom is -0.353 e. The van der Waals surface area contributed by atoms with Gasteiger partial charge in [0.1, 0.15) is 0 Å². The first-order chi connectivity index (χ1) is 9.06. The van der Waals surface area contributed by atoms with Gasteiger partial charge in [-0.1, -0.05) is 6.07 Å². The molecule has 1 aliphatic rings. The molecule has 0 saturated carbocycles. The third-order valence-corrected chi connectivity index (χ3v) is 3.31. The van der Waals surface area contributed by atoms with Gasteiger partial charge in [-0.3, -0.25) is 9.59 Å². The van der Waals surface area contributed by atoms with Crippen LogP contribution in [0.15, 0.2) is 18.2 Å². The quantitative estimate of drug-likeness (QED) is 0.751. The predicted molar refractivity (Wildman–Crippen MR) is 74.0 cm³/mol. The van der Waals surface area contributed by atoms with E-state index in [0.717, 1.165) is 11.3 Å². The van der Waals surface area contributed by atoms with E-state index in [9.17, 15) is 9.59 Å². The zero-order valence-corrected chi connectivity index (χ0v) is 11.2. The number of hydrogen-bond donors (Lipinski definition) is 3. The average molecular weight is 261 g/mol. The fourth-order valence-electron chi connectivity index (χ4n) is 2.03. The molecule has 0 bridgehead atoms. The van der Waals surface area contributed by atoms with Crippen LogP contribution in [0.1, 0.15) is 17.5 Å². The second-order valence-electron chi connectivity index (χ2n) is 4.85. The summed E-state index contributed by atoms with van der Waals surface area (Å²) < 4.78 is 0. The number of anilines is 1. The van der Waals surface area contributed by atoms with Crippen LogP contribution in [0.3, 0.4) is 0 Å². The van der Waals surface area contributed by atoms with Crippen LogP contribution in [0.25, 0.3) is 0 Å².